The SMILES string of the molecule is CCCCN(CCCC)c1nc(C)c2c(n1)Oc1cc(N(CC)CC)ccc1[C@]21OC(=O)c2ccccc21. The lowest BCUT2D eigenvalue weighted by Crippen LogP contribution is -2.36. The van der Waals surface area contributed by atoms with E-state index in [1.54, 1.807) is 0 Å². The number of benzene rings is 2. The average Bonchev–Trinajstić information content (AvgIpc) is 3.21. The van der Waals surface area contributed by atoms with Crippen LogP contribution in [0.15, 0.2) is 42.5 Å². The van der Waals surface area contributed by atoms with E-state index in [0.29, 0.717) is 28.7 Å². The Bertz CT molecular complexity index is 1330. The minimum Gasteiger partial charge on any atom is -0.440 e. The van der Waals surface area contributed by atoms with E-state index in [4.69, 9.17) is 19.4 Å². The zero-order valence-electron chi connectivity index (χ0n) is 23.2. The van der Waals surface area contributed by atoms with Crippen molar-refractivity contribution in [2.24, 2.45) is 0 Å². The number of hydrogen-bond acceptors (Lipinski definition) is 7. The summed E-state index contributed by atoms with van der Waals surface area (Å²) in [6.45, 7) is 14.2. The molecule has 7 heteroatoms. The van der Waals surface area contributed by atoms with Crippen LogP contribution in [0.1, 0.15) is 86.1 Å². The Morgan fingerprint density at radius 2 is 1.58 bits per heavy atom. The maximum absolute atomic E-state index is 13.2. The van der Waals surface area contributed by atoms with Crippen LogP contribution in [0.5, 0.6) is 11.6 Å². The molecule has 0 N–H and O–H groups in total. The fourth-order valence-corrected chi connectivity index (χ4v) is 5.68. The van der Waals surface area contributed by atoms with Gasteiger partial charge in [0.25, 0.3) is 0 Å². The fraction of sp³-hybridized carbons (Fsp3) is 0.452. The van der Waals surface area contributed by atoms with Crippen molar-refractivity contribution in [1.29, 1.82) is 0 Å². The van der Waals surface area contributed by atoms with Crippen LogP contribution < -0.4 is 14.5 Å². The number of aryl methyl sites for hydroxylation is 1. The van der Waals surface area contributed by atoms with Gasteiger partial charge in [-0.2, -0.15) is 4.98 Å². The minimum absolute atomic E-state index is 0.344. The molecule has 1 atom stereocenters. The lowest BCUT2D eigenvalue weighted by atomic mass is 9.77. The van der Waals surface area contributed by atoms with Crippen molar-refractivity contribution >= 4 is 17.6 Å². The van der Waals surface area contributed by atoms with E-state index in [-0.39, 0.29) is 5.97 Å². The van der Waals surface area contributed by atoms with Crippen molar-refractivity contribution in [3.05, 3.63) is 70.4 Å². The Labute approximate surface area is 225 Å². The van der Waals surface area contributed by atoms with Crippen LogP contribution in [-0.2, 0) is 10.3 Å². The highest BCUT2D eigenvalue weighted by Crippen LogP contribution is 2.57. The summed E-state index contributed by atoms with van der Waals surface area (Å²) in [5.74, 6) is 1.44. The lowest BCUT2D eigenvalue weighted by molar-refractivity contribution is 0.0218. The number of aromatic nitrogens is 2. The summed E-state index contributed by atoms with van der Waals surface area (Å²) in [7, 11) is 0. The van der Waals surface area contributed by atoms with Gasteiger partial charge in [0.2, 0.25) is 11.8 Å². The third kappa shape index (κ3) is 4.18. The van der Waals surface area contributed by atoms with E-state index in [0.717, 1.165) is 74.4 Å². The number of carbonyl (C=O) groups is 1. The molecule has 200 valence electrons. The summed E-state index contributed by atoms with van der Waals surface area (Å²) >= 11 is 0. The molecule has 0 bridgehead atoms. The molecule has 3 heterocycles. The van der Waals surface area contributed by atoms with Crippen LogP contribution in [0.2, 0.25) is 0 Å². The second kappa shape index (κ2) is 10.6. The number of ether oxygens (including phenoxy) is 2. The lowest BCUT2D eigenvalue weighted by Gasteiger charge is -2.37. The summed E-state index contributed by atoms with van der Waals surface area (Å²) in [5, 5.41) is 0. The standard InChI is InChI=1S/C31H38N4O3/c1-6-10-18-35(19-11-7-2)30-32-21(5)27-28(33-30)37-26-20-22(34(8-3)9-4)16-17-25(26)31(27)24-15-13-12-14-23(24)29(36)38-31/h12-17,20H,6-11,18-19H2,1-5H3/t31-/m0/s1. The van der Waals surface area contributed by atoms with Crippen molar-refractivity contribution in [3.63, 3.8) is 0 Å². The van der Waals surface area contributed by atoms with E-state index >= 15 is 0 Å². The molecule has 2 aliphatic rings. The molecule has 0 aliphatic carbocycles. The number of hydrogen-bond donors (Lipinski definition) is 0. The normalized spacial score (nSPS) is 16.9. The number of esters is 1. The van der Waals surface area contributed by atoms with E-state index in [2.05, 4.69) is 43.6 Å². The van der Waals surface area contributed by atoms with Gasteiger partial charge in [0.1, 0.15) is 5.75 Å². The van der Waals surface area contributed by atoms with E-state index < -0.39 is 5.60 Å². The monoisotopic (exact) mass is 514 g/mol. The van der Waals surface area contributed by atoms with Crippen molar-refractivity contribution in [3.8, 4) is 11.6 Å². The highest BCUT2D eigenvalue weighted by molar-refractivity contribution is 5.97. The minimum atomic E-state index is -1.15. The number of anilines is 2. The number of unbranched alkanes of at least 4 members (excludes halogenated alkanes) is 2. The summed E-state index contributed by atoms with van der Waals surface area (Å²) in [6, 6.07) is 13.8. The molecule has 5 rings (SSSR count). The van der Waals surface area contributed by atoms with Gasteiger partial charge in [-0.05, 0) is 51.8 Å². The Morgan fingerprint density at radius 3 is 2.26 bits per heavy atom. The average molecular weight is 515 g/mol. The van der Waals surface area contributed by atoms with E-state index in [1.807, 2.05) is 43.3 Å². The van der Waals surface area contributed by atoms with Crippen LogP contribution in [0, 0.1) is 6.92 Å². The number of fused-ring (bicyclic) bond motifs is 6. The zero-order valence-corrected chi connectivity index (χ0v) is 23.2. The van der Waals surface area contributed by atoms with Gasteiger partial charge >= 0.3 is 5.97 Å². The Kier molecular flexibility index (Phi) is 7.28. The van der Waals surface area contributed by atoms with Gasteiger partial charge in [-0.15, -0.1) is 0 Å². The molecule has 7 nitrogen and oxygen atoms in total. The highest BCUT2D eigenvalue weighted by atomic mass is 16.6. The van der Waals surface area contributed by atoms with Gasteiger partial charge in [-0.25, -0.2) is 9.78 Å². The summed E-state index contributed by atoms with van der Waals surface area (Å²) in [5.41, 5.74) is 3.53. The molecule has 0 unspecified atom stereocenters. The summed E-state index contributed by atoms with van der Waals surface area (Å²) in [6.07, 6.45) is 4.32. The molecule has 0 fully saturated rings. The maximum Gasteiger partial charge on any atom is 0.340 e. The van der Waals surface area contributed by atoms with Crippen LogP contribution in [0.4, 0.5) is 11.6 Å². The topological polar surface area (TPSA) is 67.8 Å². The van der Waals surface area contributed by atoms with Gasteiger partial charge in [0.05, 0.1) is 16.8 Å². The molecular weight excluding hydrogens is 476 g/mol. The third-order valence-electron chi connectivity index (χ3n) is 7.69. The third-order valence-corrected chi connectivity index (χ3v) is 7.69. The smallest absolute Gasteiger partial charge is 0.340 e. The molecular formula is C31H38N4O3. The van der Waals surface area contributed by atoms with Crippen LogP contribution in [0.3, 0.4) is 0 Å². The fourth-order valence-electron chi connectivity index (χ4n) is 5.68. The number of nitrogens with zero attached hydrogens (tertiary/aromatic N) is 4. The predicted molar refractivity (Wildman–Crippen MR) is 151 cm³/mol. The predicted octanol–water partition coefficient (Wildman–Crippen LogP) is 6.61. The van der Waals surface area contributed by atoms with Crippen molar-refractivity contribution in [2.45, 2.75) is 65.9 Å². The molecule has 1 aromatic heterocycles. The Balaban J connectivity index is 1.72. The molecule has 38 heavy (non-hydrogen) atoms. The Morgan fingerprint density at radius 1 is 0.868 bits per heavy atom. The number of carbonyl (C=O) groups excluding carboxylic acids is 1. The van der Waals surface area contributed by atoms with Crippen molar-refractivity contribution < 1.29 is 14.3 Å². The van der Waals surface area contributed by atoms with Gasteiger partial charge < -0.3 is 19.3 Å². The molecule has 0 radical (unpaired) electrons. The first-order valence-electron chi connectivity index (χ1n) is 14.0. The first kappa shape index (κ1) is 26.0. The van der Waals surface area contributed by atoms with Crippen molar-refractivity contribution in [2.75, 3.05) is 36.0 Å². The van der Waals surface area contributed by atoms with Gasteiger partial charge in [0, 0.05) is 49.1 Å². The molecule has 0 amide bonds. The molecule has 2 aliphatic heterocycles. The van der Waals surface area contributed by atoms with Crippen LogP contribution >= 0.6 is 0 Å². The summed E-state index contributed by atoms with van der Waals surface area (Å²) in [4.78, 5) is 27.7. The first-order chi connectivity index (χ1) is 18.5. The molecule has 1 spiro atoms. The van der Waals surface area contributed by atoms with E-state index in [9.17, 15) is 4.79 Å². The van der Waals surface area contributed by atoms with Gasteiger partial charge in [0.15, 0.2) is 5.60 Å². The molecule has 0 saturated heterocycles. The van der Waals surface area contributed by atoms with Crippen molar-refractivity contribution in [1.82, 2.24) is 9.97 Å². The molecule has 0 saturated carbocycles. The second-order valence-electron chi connectivity index (χ2n) is 10.1. The largest absolute Gasteiger partial charge is 0.440 e. The quantitative estimate of drug-likeness (QED) is 0.282. The Hall–Kier alpha value is -3.61. The summed E-state index contributed by atoms with van der Waals surface area (Å²) < 4.78 is 12.9. The van der Waals surface area contributed by atoms with Crippen LogP contribution in [0.25, 0.3) is 0 Å². The zero-order chi connectivity index (χ0) is 26.9. The maximum atomic E-state index is 13.2. The van der Waals surface area contributed by atoms with Gasteiger partial charge in [-0.1, -0.05) is 44.9 Å². The molecule has 2 aromatic carbocycles. The molecule has 3 aromatic rings. The van der Waals surface area contributed by atoms with E-state index in [1.165, 1.54) is 0 Å². The van der Waals surface area contributed by atoms with Gasteiger partial charge in [-0.3, -0.25) is 0 Å². The number of rotatable bonds is 10. The van der Waals surface area contributed by atoms with Crippen LogP contribution in [-0.4, -0.2) is 42.1 Å². The first-order valence-corrected chi connectivity index (χ1v) is 14.0. The highest BCUT2D eigenvalue weighted by Gasteiger charge is 2.55. The second-order valence-corrected chi connectivity index (χ2v) is 10.1.